The van der Waals surface area contributed by atoms with Gasteiger partial charge in [-0.25, -0.2) is 19.9 Å². The van der Waals surface area contributed by atoms with Crippen molar-refractivity contribution in [2.45, 2.75) is 37.9 Å². The number of halogens is 3. The number of hydrogen-bond donors (Lipinski definition) is 2. The van der Waals surface area contributed by atoms with E-state index in [0.717, 1.165) is 59.6 Å². The minimum Gasteiger partial charge on any atom is -0.381 e. The Labute approximate surface area is 240 Å². The number of piperazine rings is 1. The van der Waals surface area contributed by atoms with Crippen LogP contribution in [0.1, 0.15) is 36.4 Å². The van der Waals surface area contributed by atoms with Crippen molar-refractivity contribution in [3.63, 3.8) is 0 Å². The summed E-state index contributed by atoms with van der Waals surface area (Å²) in [6.45, 7) is 3.66. The smallest absolute Gasteiger partial charge is 0.381 e. The number of anilines is 2. The van der Waals surface area contributed by atoms with Gasteiger partial charge in [0.25, 0.3) is 0 Å². The van der Waals surface area contributed by atoms with Crippen LogP contribution in [0.4, 0.5) is 24.9 Å². The minimum atomic E-state index is -4.48. The largest absolute Gasteiger partial charge is 0.397 e. The lowest BCUT2D eigenvalue weighted by Crippen LogP contribution is -2.49. The van der Waals surface area contributed by atoms with E-state index >= 15 is 0 Å². The van der Waals surface area contributed by atoms with Crippen LogP contribution in [-0.4, -0.2) is 86.2 Å². The van der Waals surface area contributed by atoms with Crippen LogP contribution in [0.3, 0.4) is 0 Å². The Morgan fingerprint density at radius 2 is 1.83 bits per heavy atom. The quantitative estimate of drug-likeness (QED) is 0.325. The number of carbonyl (C=O) groups excluding carboxylic acids is 1. The van der Waals surface area contributed by atoms with Crippen molar-refractivity contribution in [1.29, 1.82) is 0 Å². The summed E-state index contributed by atoms with van der Waals surface area (Å²) in [5, 5.41) is 3.23. The van der Waals surface area contributed by atoms with Gasteiger partial charge in [0.05, 0.1) is 16.7 Å². The third-order valence-corrected chi connectivity index (χ3v) is 7.66. The summed E-state index contributed by atoms with van der Waals surface area (Å²) in [5.74, 6) is 0.677. The summed E-state index contributed by atoms with van der Waals surface area (Å²) in [5.41, 5.74) is 5.51. The number of alkyl halides is 3. The number of ether oxygens (including phenoxy) is 1. The van der Waals surface area contributed by atoms with Gasteiger partial charge < -0.3 is 19.9 Å². The fourth-order valence-electron chi connectivity index (χ4n) is 5.43. The highest BCUT2D eigenvalue weighted by atomic mass is 19.4. The molecule has 42 heavy (non-hydrogen) atoms. The molecule has 2 N–H and O–H groups in total. The number of amides is 1. The first-order valence-corrected chi connectivity index (χ1v) is 14.0. The maximum atomic E-state index is 12.6. The Balaban J connectivity index is 1.09. The van der Waals surface area contributed by atoms with E-state index in [1.807, 2.05) is 30.3 Å². The first-order valence-electron chi connectivity index (χ1n) is 14.0. The summed E-state index contributed by atoms with van der Waals surface area (Å²) in [6.07, 6.45) is -0.647. The van der Waals surface area contributed by atoms with E-state index in [-0.39, 0.29) is 13.1 Å². The molecule has 1 amide bonds. The molecule has 6 rings (SSSR count). The number of carbonyl (C=O) groups is 1. The van der Waals surface area contributed by atoms with Gasteiger partial charge in [-0.3, -0.25) is 9.69 Å². The molecule has 0 saturated carbocycles. The number of benzene rings is 1. The highest BCUT2D eigenvalue weighted by Crippen LogP contribution is 2.29. The predicted octanol–water partition coefficient (Wildman–Crippen LogP) is 4.65. The number of aromatic nitrogens is 5. The second-order valence-electron chi connectivity index (χ2n) is 10.7. The SMILES string of the molecule is O=C(CC(F)(F)F)N1CCN(Cc2ccnc(Nc3nc4ccc(-c5cc(C6CCOCC6)ncn5)cc4[nH]3)c2)CC1. The Hall–Kier alpha value is -4.10. The Kier molecular flexibility index (Phi) is 8.02. The van der Waals surface area contributed by atoms with Crippen molar-refractivity contribution in [2.75, 3.05) is 44.7 Å². The van der Waals surface area contributed by atoms with Crippen LogP contribution in [0.25, 0.3) is 22.3 Å². The van der Waals surface area contributed by atoms with Crippen LogP contribution in [0.15, 0.2) is 48.9 Å². The molecule has 0 atom stereocenters. The molecule has 0 aliphatic carbocycles. The molecule has 0 spiro atoms. The van der Waals surface area contributed by atoms with Gasteiger partial charge in [0, 0.05) is 69.3 Å². The van der Waals surface area contributed by atoms with Gasteiger partial charge in [-0.2, -0.15) is 13.2 Å². The van der Waals surface area contributed by atoms with Gasteiger partial charge >= 0.3 is 6.18 Å². The predicted molar refractivity (Wildman–Crippen MR) is 150 cm³/mol. The van der Waals surface area contributed by atoms with Gasteiger partial charge in [0.1, 0.15) is 18.6 Å². The molecule has 2 fully saturated rings. The van der Waals surface area contributed by atoms with Crippen LogP contribution in [0.5, 0.6) is 0 Å². The summed E-state index contributed by atoms with van der Waals surface area (Å²) in [7, 11) is 0. The molecule has 2 saturated heterocycles. The summed E-state index contributed by atoms with van der Waals surface area (Å²) in [4.78, 5) is 36.7. The van der Waals surface area contributed by atoms with Crippen molar-refractivity contribution in [1.82, 2.24) is 34.7 Å². The molecule has 13 heteroatoms. The third kappa shape index (κ3) is 6.85. The zero-order valence-corrected chi connectivity index (χ0v) is 22.9. The monoisotopic (exact) mass is 580 g/mol. The fourth-order valence-corrected chi connectivity index (χ4v) is 5.43. The van der Waals surface area contributed by atoms with Crippen molar-refractivity contribution in [3.05, 3.63) is 60.2 Å². The van der Waals surface area contributed by atoms with Crippen LogP contribution >= 0.6 is 0 Å². The third-order valence-electron chi connectivity index (χ3n) is 7.66. The number of nitrogens with zero attached hydrogens (tertiary/aromatic N) is 6. The Bertz CT molecular complexity index is 1550. The van der Waals surface area contributed by atoms with Crippen molar-refractivity contribution < 1.29 is 22.7 Å². The average Bonchev–Trinajstić information content (AvgIpc) is 3.39. The second kappa shape index (κ2) is 12.0. The summed E-state index contributed by atoms with van der Waals surface area (Å²) in [6, 6.07) is 11.8. The number of nitrogens with one attached hydrogen (secondary N) is 2. The van der Waals surface area contributed by atoms with E-state index < -0.39 is 18.5 Å². The van der Waals surface area contributed by atoms with Crippen LogP contribution in [-0.2, 0) is 16.1 Å². The highest BCUT2D eigenvalue weighted by molar-refractivity contribution is 5.83. The van der Waals surface area contributed by atoms with Crippen molar-refractivity contribution >= 4 is 28.7 Å². The Morgan fingerprint density at radius 1 is 1.02 bits per heavy atom. The molecule has 0 unspecified atom stereocenters. The summed E-state index contributed by atoms with van der Waals surface area (Å²) < 4.78 is 43.2. The molecule has 5 heterocycles. The lowest BCUT2D eigenvalue weighted by molar-refractivity contribution is -0.162. The maximum absolute atomic E-state index is 12.6. The van der Waals surface area contributed by atoms with Crippen LogP contribution in [0, 0.1) is 0 Å². The number of hydrogen-bond acceptors (Lipinski definition) is 8. The van der Waals surface area contributed by atoms with Crippen molar-refractivity contribution in [3.8, 4) is 11.3 Å². The van der Waals surface area contributed by atoms with E-state index in [9.17, 15) is 18.0 Å². The van der Waals surface area contributed by atoms with E-state index in [1.54, 1.807) is 12.5 Å². The van der Waals surface area contributed by atoms with E-state index in [2.05, 4.69) is 41.2 Å². The Morgan fingerprint density at radius 3 is 2.62 bits per heavy atom. The number of fused-ring (bicyclic) bond motifs is 1. The molecule has 4 aromatic rings. The molecule has 0 radical (unpaired) electrons. The van der Waals surface area contributed by atoms with Gasteiger partial charge in [0.2, 0.25) is 11.9 Å². The summed E-state index contributed by atoms with van der Waals surface area (Å²) >= 11 is 0. The van der Waals surface area contributed by atoms with Gasteiger partial charge in [-0.05, 0) is 48.7 Å². The fraction of sp³-hybridized carbons (Fsp3) is 0.414. The molecule has 3 aromatic heterocycles. The van der Waals surface area contributed by atoms with Crippen LogP contribution < -0.4 is 5.32 Å². The molecule has 220 valence electrons. The van der Waals surface area contributed by atoms with E-state index in [0.29, 0.717) is 37.3 Å². The van der Waals surface area contributed by atoms with Gasteiger partial charge in [-0.15, -0.1) is 0 Å². The normalized spacial score (nSPS) is 17.1. The molecule has 10 nitrogen and oxygen atoms in total. The molecule has 1 aromatic carbocycles. The average molecular weight is 581 g/mol. The number of pyridine rings is 1. The molecular weight excluding hydrogens is 549 g/mol. The standard InChI is InChI=1S/C29H31F3N8O2/c30-29(31,32)16-27(41)40-9-7-39(8-10-40)17-19-3-6-33-26(13-19)38-28-36-22-2-1-21(14-25(22)37-28)24-15-23(34-18-35-24)20-4-11-42-12-5-20/h1-3,6,13-15,18,20H,4-5,7-12,16-17H2,(H2,33,36,37,38). The van der Waals surface area contributed by atoms with Gasteiger partial charge in [-0.1, -0.05) is 6.07 Å². The van der Waals surface area contributed by atoms with Crippen LogP contribution in [0.2, 0.25) is 0 Å². The van der Waals surface area contributed by atoms with Gasteiger partial charge in [0.15, 0.2) is 0 Å². The lowest BCUT2D eigenvalue weighted by atomic mass is 9.95. The minimum absolute atomic E-state index is 0.276. The number of aromatic amines is 1. The van der Waals surface area contributed by atoms with E-state index in [1.165, 1.54) is 4.90 Å². The number of H-pyrrole nitrogens is 1. The molecule has 2 aliphatic heterocycles. The first kappa shape index (κ1) is 28.0. The highest BCUT2D eigenvalue weighted by Gasteiger charge is 2.34. The second-order valence-corrected chi connectivity index (χ2v) is 10.7. The maximum Gasteiger partial charge on any atom is 0.397 e. The molecule has 0 bridgehead atoms. The topological polar surface area (TPSA) is 112 Å². The molecule has 2 aliphatic rings. The zero-order chi connectivity index (χ0) is 29.1. The number of rotatable bonds is 7. The molecular formula is C29H31F3N8O2. The number of imidazole rings is 1. The first-order chi connectivity index (χ1) is 20.3. The van der Waals surface area contributed by atoms with E-state index in [4.69, 9.17) is 4.74 Å². The van der Waals surface area contributed by atoms with Crippen molar-refractivity contribution in [2.24, 2.45) is 0 Å². The zero-order valence-electron chi connectivity index (χ0n) is 22.9. The lowest BCUT2D eigenvalue weighted by Gasteiger charge is -2.35.